The average molecular weight is 450 g/mol. The molecule has 1 amide bonds. The number of piperidine rings is 1. The second kappa shape index (κ2) is 8.52. The SMILES string of the molecule is COc1ccc(NC(=O)C2CCN(c3ccc4nnc(C(F)(F)F)n4n3)CC2)cc1OC. The molecular formula is C20H21F3N6O3. The Hall–Kier alpha value is -3.57. The van der Waals surface area contributed by atoms with Crippen LogP contribution in [0.15, 0.2) is 30.3 Å². The van der Waals surface area contributed by atoms with E-state index < -0.39 is 12.0 Å². The van der Waals surface area contributed by atoms with Gasteiger partial charge in [-0.05, 0) is 37.1 Å². The fourth-order valence-electron chi connectivity index (χ4n) is 3.65. The fourth-order valence-corrected chi connectivity index (χ4v) is 3.65. The molecule has 1 aliphatic rings. The van der Waals surface area contributed by atoms with E-state index in [-0.39, 0.29) is 17.5 Å². The summed E-state index contributed by atoms with van der Waals surface area (Å²) in [6, 6.07) is 8.17. The van der Waals surface area contributed by atoms with Gasteiger partial charge in [-0.2, -0.15) is 17.7 Å². The molecule has 170 valence electrons. The molecule has 3 aromatic rings. The Morgan fingerprint density at radius 3 is 2.44 bits per heavy atom. The summed E-state index contributed by atoms with van der Waals surface area (Å²) in [7, 11) is 3.05. The van der Waals surface area contributed by atoms with E-state index in [2.05, 4.69) is 20.6 Å². The van der Waals surface area contributed by atoms with Gasteiger partial charge in [-0.3, -0.25) is 4.79 Å². The number of fused-ring (bicyclic) bond motifs is 1. The number of alkyl halides is 3. The molecule has 1 N–H and O–H groups in total. The summed E-state index contributed by atoms with van der Waals surface area (Å²) in [4.78, 5) is 14.5. The number of anilines is 2. The molecule has 0 atom stereocenters. The van der Waals surface area contributed by atoms with Crippen LogP contribution in [0.25, 0.3) is 5.65 Å². The Morgan fingerprint density at radius 2 is 1.78 bits per heavy atom. The number of methoxy groups -OCH3 is 2. The first-order chi connectivity index (χ1) is 15.3. The normalized spacial score (nSPS) is 15.1. The maximum Gasteiger partial charge on any atom is 0.453 e. The number of rotatable bonds is 5. The predicted molar refractivity (Wildman–Crippen MR) is 109 cm³/mol. The molecule has 0 spiro atoms. The summed E-state index contributed by atoms with van der Waals surface area (Å²) in [5, 5.41) is 13.7. The van der Waals surface area contributed by atoms with E-state index in [1.165, 1.54) is 20.3 Å². The monoisotopic (exact) mass is 450 g/mol. The van der Waals surface area contributed by atoms with Crippen LogP contribution in [-0.2, 0) is 11.0 Å². The zero-order valence-electron chi connectivity index (χ0n) is 17.4. The van der Waals surface area contributed by atoms with Crippen molar-refractivity contribution in [1.29, 1.82) is 0 Å². The molecule has 0 radical (unpaired) electrons. The molecule has 2 aromatic heterocycles. The molecule has 0 unspecified atom stereocenters. The zero-order valence-corrected chi connectivity index (χ0v) is 17.4. The van der Waals surface area contributed by atoms with Gasteiger partial charge in [0.25, 0.3) is 5.82 Å². The minimum atomic E-state index is -4.65. The number of carbonyl (C=O) groups excluding carboxylic acids is 1. The molecule has 4 rings (SSSR count). The number of hydrogen-bond acceptors (Lipinski definition) is 7. The lowest BCUT2D eigenvalue weighted by atomic mass is 9.96. The van der Waals surface area contributed by atoms with Crippen LogP contribution in [0.4, 0.5) is 24.7 Å². The van der Waals surface area contributed by atoms with Gasteiger partial charge < -0.3 is 19.7 Å². The van der Waals surface area contributed by atoms with Crippen LogP contribution in [-0.4, -0.2) is 53.0 Å². The standard InChI is InChI=1S/C20H21F3N6O3/c1-31-14-4-3-13(11-15(14)32-2)24-18(30)12-7-9-28(10-8-12)17-6-5-16-25-26-19(20(21,22)23)29(16)27-17/h3-6,11-12H,7-10H2,1-2H3,(H,24,30). The second-order valence-electron chi connectivity index (χ2n) is 7.30. The summed E-state index contributed by atoms with van der Waals surface area (Å²) >= 11 is 0. The Labute approximate surface area is 181 Å². The van der Waals surface area contributed by atoms with Gasteiger partial charge >= 0.3 is 6.18 Å². The zero-order chi connectivity index (χ0) is 22.9. The van der Waals surface area contributed by atoms with Crippen molar-refractivity contribution in [1.82, 2.24) is 19.8 Å². The van der Waals surface area contributed by atoms with Gasteiger partial charge in [0.2, 0.25) is 5.91 Å². The van der Waals surface area contributed by atoms with Gasteiger partial charge in [-0.15, -0.1) is 15.3 Å². The van der Waals surface area contributed by atoms with E-state index in [0.29, 0.717) is 53.5 Å². The number of nitrogens with one attached hydrogen (secondary N) is 1. The molecule has 9 nitrogen and oxygen atoms in total. The first-order valence-electron chi connectivity index (χ1n) is 9.87. The number of carbonyl (C=O) groups is 1. The van der Waals surface area contributed by atoms with Crippen molar-refractivity contribution < 1.29 is 27.4 Å². The van der Waals surface area contributed by atoms with Crippen LogP contribution in [0, 0.1) is 5.92 Å². The number of hydrogen-bond donors (Lipinski definition) is 1. The van der Waals surface area contributed by atoms with Gasteiger partial charge in [0.15, 0.2) is 17.1 Å². The minimum absolute atomic E-state index is 0.0188. The van der Waals surface area contributed by atoms with Crippen molar-refractivity contribution in [2.75, 3.05) is 37.5 Å². The van der Waals surface area contributed by atoms with Crippen LogP contribution in [0.2, 0.25) is 0 Å². The van der Waals surface area contributed by atoms with Gasteiger partial charge in [0.1, 0.15) is 5.82 Å². The number of aromatic nitrogens is 4. The Bertz CT molecular complexity index is 1130. The molecule has 1 fully saturated rings. The highest BCUT2D eigenvalue weighted by atomic mass is 19.4. The highest BCUT2D eigenvalue weighted by Crippen LogP contribution is 2.31. The van der Waals surface area contributed by atoms with Crippen molar-refractivity contribution in [3.05, 3.63) is 36.2 Å². The van der Waals surface area contributed by atoms with Crippen LogP contribution in [0.1, 0.15) is 18.7 Å². The third-order valence-corrected chi connectivity index (χ3v) is 5.34. The van der Waals surface area contributed by atoms with E-state index in [1.54, 1.807) is 24.3 Å². The lowest BCUT2D eigenvalue weighted by Crippen LogP contribution is -2.38. The maximum atomic E-state index is 13.1. The average Bonchev–Trinajstić information content (AvgIpc) is 3.23. The highest BCUT2D eigenvalue weighted by Gasteiger charge is 2.38. The molecule has 12 heteroatoms. The smallest absolute Gasteiger partial charge is 0.453 e. The Kier molecular flexibility index (Phi) is 5.76. The second-order valence-corrected chi connectivity index (χ2v) is 7.30. The summed E-state index contributed by atoms with van der Waals surface area (Å²) in [5.41, 5.74) is 0.611. The third kappa shape index (κ3) is 4.25. The molecule has 32 heavy (non-hydrogen) atoms. The fraction of sp³-hybridized carbons (Fsp3) is 0.400. The third-order valence-electron chi connectivity index (χ3n) is 5.34. The van der Waals surface area contributed by atoms with Crippen molar-refractivity contribution in [3.63, 3.8) is 0 Å². The maximum absolute atomic E-state index is 13.1. The molecule has 1 saturated heterocycles. The number of ether oxygens (including phenoxy) is 2. The molecule has 1 aromatic carbocycles. The van der Waals surface area contributed by atoms with Gasteiger partial charge in [0, 0.05) is 30.8 Å². The topological polar surface area (TPSA) is 93.9 Å². The minimum Gasteiger partial charge on any atom is -0.493 e. The van der Waals surface area contributed by atoms with Crippen LogP contribution < -0.4 is 19.7 Å². The van der Waals surface area contributed by atoms with E-state index in [4.69, 9.17) is 9.47 Å². The van der Waals surface area contributed by atoms with Crippen LogP contribution in [0.5, 0.6) is 11.5 Å². The Balaban J connectivity index is 1.41. The van der Waals surface area contributed by atoms with Gasteiger partial charge in [-0.1, -0.05) is 0 Å². The van der Waals surface area contributed by atoms with E-state index in [9.17, 15) is 18.0 Å². The summed E-state index contributed by atoms with van der Waals surface area (Å²) in [6.45, 7) is 0.956. The molecule has 0 saturated carbocycles. The van der Waals surface area contributed by atoms with Crippen LogP contribution >= 0.6 is 0 Å². The lowest BCUT2D eigenvalue weighted by Gasteiger charge is -2.32. The lowest BCUT2D eigenvalue weighted by molar-refractivity contribution is -0.146. The summed E-state index contributed by atoms with van der Waals surface area (Å²) in [6.07, 6.45) is -3.58. The Morgan fingerprint density at radius 1 is 1.06 bits per heavy atom. The van der Waals surface area contributed by atoms with Crippen molar-refractivity contribution >= 4 is 23.1 Å². The number of halogens is 3. The first kappa shape index (κ1) is 21.7. The largest absolute Gasteiger partial charge is 0.493 e. The number of nitrogens with zero attached hydrogens (tertiary/aromatic N) is 5. The highest BCUT2D eigenvalue weighted by molar-refractivity contribution is 5.93. The van der Waals surface area contributed by atoms with Crippen LogP contribution in [0.3, 0.4) is 0 Å². The van der Waals surface area contributed by atoms with Gasteiger partial charge in [0.05, 0.1) is 14.2 Å². The van der Waals surface area contributed by atoms with Gasteiger partial charge in [-0.25, -0.2) is 0 Å². The first-order valence-corrected chi connectivity index (χ1v) is 9.87. The van der Waals surface area contributed by atoms with Crippen molar-refractivity contribution in [2.24, 2.45) is 5.92 Å². The van der Waals surface area contributed by atoms with Crippen molar-refractivity contribution in [2.45, 2.75) is 19.0 Å². The van der Waals surface area contributed by atoms with E-state index >= 15 is 0 Å². The quantitative estimate of drug-likeness (QED) is 0.639. The molecule has 0 bridgehead atoms. The summed E-state index contributed by atoms with van der Waals surface area (Å²) in [5.74, 6) is -0.0823. The molecule has 1 aliphatic heterocycles. The summed E-state index contributed by atoms with van der Waals surface area (Å²) < 4.78 is 50.4. The number of benzene rings is 1. The molecular weight excluding hydrogens is 429 g/mol. The van der Waals surface area contributed by atoms with E-state index in [0.717, 1.165) is 0 Å². The molecule has 0 aliphatic carbocycles. The molecule has 3 heterocycles. The van der Waals surface area contributed by atoms with Crippen molar-refractivity contribution in [3.8, 4) is 11.5 Å². The predicted octanol–water partition coefficient (Wildman–Crippen LogP) is 3.02. The number of amides is 1. The van der Waals surface area contributed by atoms with E-state index in [1.807, 2.05) is 4.90 Å².